The second kappa shape index (κ2) is 19.1. The van der Waals surface area contributed by atoms with E-state index in [0.29, 0.717) is 30.1 Å². The Bertz CT molecular complexity index is 2420. The van der Waals surface area contributed by atoms with Gasteiger partial charge in [-0.1, -0.05) is 28.1 Å². The zero-order valence-electron chi connectivity index (χ0n) is 37.4. The van der Waals surface area contributed by atoms with Crippen molar-refractivity contribution in [3.05, 3.63) is 109 Å². The van der Waals surface area contributed by atoms with Crippen molar-refractivity contribution in [2.75, 3.05) is 11.5 Å². The summed E-state index contributed by atoms with van der Waals surface area (Å²) in [4.78, 5) is 12.6. The second-order valence-electron chi connectivity index (χ2n) is 18.5. The maximum atomic E-state index is 6.47. The van der Waals surface area contributed by atoms with E-state index in [1.165, 1.54) is 65.5 Å². The van der Waals surface area contributed by atoms with Crippen LogP contribution in [0.25, 0.3) is 11.1 Å². The summed E-state index contributed by atoms with van der Waals surface area (Å²) in [6, 6.07) is 16.2. The monoisotopic (exact) mass is 979 g/mol. The lowest BCUT2D eigenvalue weighted by Crippen LogP contribution is -2.41. The van der Waals surface area contributed by atoms with E-state index in [-0.39, 0.29) is 18.3 Å². The van der Waals surface area contributed by atoms with Gasteiger partial charge in [-0.05, 0) is 197 Å². The Hall–Kier alpha value is -4.17. The molecule has 0 bridgehead atoms. The predicted octanol–water partition coefficient (Wildman–Crippen LogP) is 10.8. The van der Waals surface area contributed by atoms with Crippen LogP contribution in [-0.4, -0.2) is 51.6 Å². The molecule has 4 N–H and O–H groups in total. The predicted molar refractivity (Wildman–Crippen MR) is 259 cm³/mol. The lowest BCUT2D eigenvalue weighted by Gasteiger charge is -2.32. The molecule has 6 aliphatic rings. The highest BCUT2D eigenvalue weighted by Crippen LogP contribution is 2.40. The summed E-state index contributed by atoms with van der Waals surface area (Å²) in [7, 11) is -0.352. The fourth-order valence-corrected chi connectivity index (χ4v) is 8.65. The van der Waals surface area contributed by atoms with Gasteiger partial charge < -0.3 is 35.0 Å². The Morgan fingerprint density at radius 1 is 0.603 bits per heavy atom. The van der Waals surface area contributed by atoms with Crippen molar-refractivity contribution in [1.29, 1.82) is 0 Å². The number of anilines is 2. The number of nitrogens with two attached hydrogens (primary N) is 2. The summed E-state index contributed by atoms with van der Waals surface area (Å²) < 4.78 is 31.1. The largest absolute Gasteiger partial charge is 0.495 e. The van der Waals surface area contributed by atoms with Crippen molar-refractivity contribution < 1.29 is 23.5 Å². The van der Waals surface area contributed by atoms with Crippen LogP contribution in [0.3, 0.4) is 0 Å². The molecule has 0 atom stereocenters. The van der Waals surface area contributed by atoms with Crippen LogP contribution in [0.2, 0.25) is 0 Å². The lowest BCUT2D eigenvalue weighted by atomic mass is 9.80. The smallest absolute Gasteiger partial charge is 0.474 e. The van der Waals surface area contributed by atoms with Crippen LogP contribution in [0.4, 0.5) is 11.4 Å². The normalized spacial score (nSPS) is 18.7. The van der Waals surface area contributed by atoms with Crippen molar-refractivity contribution in [2.24, 2.45) is 0 Å². The second-order valence-corrected chi connectivity index (χ2v) is 20.3. The summed E-state index contributed by atoms with van der Waals surface area (Å²) >= 11 is 6.86. The molecule has 0 unspecified atom stereocenters. The number of nitrogens with zero attached hydrogens (tertiary/aromatic N) is 3. The Balaban J connectivity index is 0.000000119. The van der Waals surface area contributed by atoms with Crippen LogP contribution in [-0.2, 0) is 35.0 Å². The Morgan fingerprint density at radius 2 is 1.08 bits per heavy atom. The van der Waals surface area contributed by atoms with Gasteiger partial charge in [0, 0.05) is 62.7 Å². The van der Waals surface area contributed by atoms with Crippen molar-refractivity contribution in [3.8, 4) is 28.8 Å². The summed E-state index contributed by atoms with van der Waals surface area (Å²) in [5.74, 6) is 2.10. The molecule has 11 rings (SSSR count). The summed E-state index contributed by atoms with van der Waals surface area (Å²) in [5.41, 5.74) is 25.1. The SMILES string of the molecule is Brc1ccnc(OC2CC2)c1.CC1(C)OB(c2ccnc(OC3CC3)c2)OC1(C)C.Cc1cc2c(c(N)c1-c1ccnc(OC3CC3)c1)CCC2.Cc1cc2c(c(N)c1Br)CCC2. The number of nitrogen functional groups attached to an aromatic ring is 2. The highest BCUT2D eigenvalue weighted by molar-refractivity contribution is 9.11. The van der Waals surface area contributed by atoms with Gasteiger partial charge in [-0.2, -0.15) is 0 Å². The maximum absolute atomic E-state index is 6.47. The molecule has 5 aliphatic carbocycles. The van der Waals surface area contributed by atoms with Crippen molar-refractivity contribution in [1.82, 2.24) is 15.0 Å². The highest BCUT2D eigenvalue weighted by Gasteiger charge is 2.51. The van der Waals surface area contributed by atoms with E-state index in [1.807, 2.05) is 42.6 Å². The molecule has 4 fully saturated rings. The van der Waals surface area contributed by atoms with Gasteiger partial charge in [0.15, 0.2) is 0 Å². The minimum absolute atomic E-state index is 0.321. The van der Waals surface area contributed by atoms with Gasteiger partial charge in [0.1, 0.15) is 18.3 Å². The van der Waals surface area contributed by atoms with Gasteiger partial charge in [0.25, 0.3) is 0 Å². The third-order valence-electron chi connectivity index (χ3n) is 12.6. The van der Waals surface area contributed by atoms with Crippen molar-refractivity contribution in [2.45, 2.75) is 148 Å². The summed E-state index contributed by atoms with van der Waals surface area (Å²) in [6.45, 7) is 12.4. The van der Waals surface area contributed by atoms with Gasteiger partial charge in [-0.25, -0.2) is 15.0 Å². The van der Waals surface area contributed by atoms with Crippen LogP contribution in [0.1, 0.15) is 112 Å². The fourth-order valence-electron chi connectivity index (χ4n) is 7.98. The molecule has 63 heavy (non-hydrogen) atoms. The third-order valence-corrected chi connectivity index (χ3v) is 14.2. The molecular formula is C50H60BBr2N5O5. The molecule has 2 aromatic carbocycles. The van der Waals surface area contributed by atoms with E-state index < -0.39 is 0 Å². The number of fused-ring (bicyclic) bond motifs is 2. The average Bonchev–Trinajstić information content (AvgIpc) is 4.21. The first kappa shape index (κ1) is 45.4. The van der Waals surface area contributed by atoms with E-state index >= 15 is 0 Å². The molecule has 1 saturated heterocycles. The number of rotatable bonds is 8. The molecule has 10 nitrogen and oxygen atoms in total. The van der Waals surface area contributed by atoms with Gasteiger partial charge in [0.05, 0.1) is 11.2 Å². The quantitative estimate of drug-likeness (QED) is 0.114. The van der Waals surface area contributed by atoms with Gasteiger partial charge >= 0.3 is 7.12 Å². The molecule has 1 aliphatic heterocycles. The fraction of sp³-hybridized carbons (Fsp3) is 0.460. The van der Waals surface area contributed by atoms with Gasteiger partial charge in [-0.15, -0.1) is 0 Å². The zero-order chi connectivity index (χ0) is 44.5. The minimum atomic E-state index is -0.352. The van der Waals surface area contributed by atoms with Gasteiger partial charge in [0.2, 0.25) is 17.6 Å². The van der Waals surface area contributed by atoms with Crippen molar-refractivity contribution >= 4 is 55.8 Å². The molecule has 5 aromatic rings. The first-order valence-electron chi connectivity index (χ1n) is 22.5. The molecule has 0 amide bonds. The Morgan fingerprint density at radius 3 is 1.62 bits per heavy atom. The number of pyridine rings is 3. The Labute approximate surface area is 390 Å². The van der Waals surface area contributed by atoms with E-state index in [2.05, 4.69) is 100 Å². The third kappa shape index (κ3) is 11.4. The number of hydrogen-bond donors (Lipinski definition) is 2. The lowest BCUT2D eigenvalue weighted by molar-refractivity contribution is 0.00578. The summed E-state index contributed by atoms with van der Waals surface area (Å²) in [6.07, 6.45) is 20.4. The van der Waals surface area contributed by atoms with E-state index in [0.717, 1.165) is 87.7 Å². The molecule has 0 spiro atoms. The molecule has 3 aromatic heterocycles. The van der Waals surface area contributed by atoms with Crippen LogP contribution >= 0.6 is 31.9 Å². The molecule has 0 radical (unpaired) electrons. The molecular weight excluding hydrogens is 921 g/mol. The molecule has 3 saturated carbocycles. The van der Waals surface area contributed by atoms with Crippen molar-refractivity contribution in [3.63, 3.8) is 0 Å². The number of aryl methyl sites for hydroxylation is 4. The number of hydrogen-bond acceptors (Lipinski definition) is 10. The Kier molecular flexibility index (Phi) is 13.8. The minimum Gasteiger partial charge on any atom is -0.474 e. The molecule has 13 heteroatoms. The van der Waals surface area contributed by atoms with Crippen LogP contribution in [0.15, 0.2) is 76.1 Å². The highest BCUT2D eigenvalue weighted by atomic mass is 79.9. The zero-order valence-corrected chi connectivity index (χ0v) is 40.6. The van der Waals surface area contributed by atoms with E-state index in [1.54, 1.807) is 12.4 Å². The number of ether oxygens (including phenoxy) is 3. The first-order chi connectivity index (χ1) is 30.1. The molecule has 332 valence electrons. The first-order valence-corrected chi connectivity index (χ1v) is 24.1. The number of halogens is 2. The maximum Gasteiger partial charge on any atom is 0.495 e. The average molecular weight is 982 g/mol. The van der Waals surface area contributed by atoms with E-state index in [4.69, 9.17) is 35.0 Å². The standard InChI is InChI=1S/C18H20N2O.C14H20BNO3.C10H12BrN.C8H8BrNO/c1-11-9-12-3-2-4-15(12)18(19)17(11)13-7-8-20-16(10-13)21-14-5-6-14;1-13(2)14(3,4)19-15(18-13)10-7-8-16-12(9-10)17-11-5-6-11;1-6-5-7-3-2-4-8(7)10(12)9(6)11;9-6-3-4-10-8(5-6)11-7-1-2-7/h7-10,14H,2-6,19H2,1H3;7-9,11H,5-6H2,1-4H3;5H,2-4,12H2,1H3;3-5,7H,1-2H2. The number of benzene rings is 2. The van der Waals surface area contributed by atoms with E-state index in [9.17, 15) is 0 Å². The topological polar surface area (TPSA) is 137 Å². The van der Waals surface area contributed by atoms with Crippen LogP contribution in [0, 0.1) is 13.8 Å². The van der Waals surface area contributed by atoms with Crippen LogP contribution < -0.4 is 31.1 Å². The van der Waals surface area contributed by atoms with Gasteiger partial charge in [-0.3, -0.25) is 0 Å². The summed E-state index contributed by atoms with van der Waals surface area (Å²) in [5, 5.41) is 0. The van der Waals surface area contributed by atoms with Crippen LogP contribution in [0.5, 0.6) is 17.6 Å². The molecule has 4 heterocycles. The number of aromatic nitrogens is 3.